The van der Waals surface area contributed by atoms with Gasteiger partial charge in [0.15, 0.2) is 0 Å². The summed E-state index contributed by atoms with van der Waals surface area (Å²) >= 11 is 0. The van der Waals surface area contributed by atoms with Crippen LogP contribution in [-0.4, -0.2) is 25.3 Å². The first-order chi connectivity index (χ1) is 12.2. The number of aliphatic hydroxyl groups is 1. The van der Waals surface area contributed by atoms with Crippen LogP contribution in [0.15, 0.2) is 40.8 Å². The minimum absolute atomic E-state index is 0.468. The van der Waals surface area contributed by atoms with E-state index in [0.717, 1.165) is 42.0 Å². The third-order valence-electron chi connectivity index (χ3n) is 4.02. The summed E-state index contributed by atoms with van der Waals surface area (Å²) < 4.78 is 7.65. The predicted molar refractivity (Wildman–Crippen MR) is 94.8 cm³/mol. The maximum Gasteiger partial charge on any atom is 0.243 e. The van der Waals surface area contributed by atoms with Crippen LogP contribution >= 0.6 is 0 Å². The molecule has 0 bridgehead atoms. The van der Waals surface area contributed by atoms with Crippen LogP contribution in [0, 0.1) is 0 Å². The highest BCUT2D eigenvalue weighted by atomic mass is 16.3. The Morgan fingerprint density at radius 3 is 2.72 bits per heavy atom. The molecule has 0 spiro atoms. The molecule has 3 rings (SSSR count). The zero-order chi connectivity index (χ0) is 17.6. The zero-order valence-corrected chi connectivity index (χ0v) is 14.5. The van der Waals surface area contributed by atoms with E-state index in [1.54, 1.807) is 11.6 Å². The fourth-order valence-corrected chi connectivity index (χ4v) is 2.51. The van der Waals surface area contributed by atoms with E-state index >= 15 is 0 Å². The van der Waals surface area contributed by atoms with E-state index in [9.17, 15) is 5.11 Å². The molecule has 3 aromatic rings. The second-order valence-corrected chi connectivity index (χ2v) is 6.00. The summed E-state index contributed by atoms with van der Waals surface area (Å²) in [4.78, 5) is 0. The largest absolute Gasteiger partial charge is 0.459 e. The van der Waals surface area contributed by atoms with Gasteiger partial charge in [-0.3, -0.25) is 0 Å². The van der Waals surface area contributed by atoms with Gasteiger partial charge in [-0.05, 0) is 41.5 Å². The second kappa shape index (κ2) is 7.94. The van der Waals surface area contributed by atoms with Gasteiger partial charge in [0.25, 0.3) is 0 Å². The standard InChI is InChI=1S/C18H23N5O2/c1-3-4-11-23-18(20-21-22-23)19-12-16-9-10-17(25-16)15-7-5-14(6-8-15)13(2)24/h5-10,13,24H,3-4,11-12H2,1-2H3,(H,19,20,22)/t13-/m0/s1. The lowest BCUT2D eigenvalue weighted by Crippen LogP contribution is -2.08. The number of benzene rings is 1. The molecule has 1 aromatic carbocycles. The summed E-state index contributed by atoms with van der Waals surface area (Å²) in [5, 5.41) is 24.5. The highest BCUT2D eigenvalue weighted by Crippen LogP contribution is 2.24. The topological polar surface area (TPSA) is 89.0 Å². The molecule has 25 heavy (non-hydrogen) atoms. The molecular weight excluding hydrogens is 318 g/mol. The molecule has 0 saturated carbocycles. The molecule has 7 nitrogen and oxygen atoms in total. The number of anilines is 1. The van der Waals surface area contributed by atoms with Crippen LogP contribution in [-0.2, 0) is 13.1 Å². The van der Waals surface area contributed by atoms with Gasteiger partial charge < -0.3 is 14.8 Å². The summed E-state index contributed by atoms with van der Waals surface area (Å²) in [7, 11) is 0. The molecule has 2 N–H and O–H groups in total. The number of unbranched alkanes of at least 4 members (excludes halogenated alkanes) is 1. The normalized spacial score (nSPS) is 12.3. The molecule has 0 aliphatic heterocycles. The molecule has 2 aromatic heterocycles. The van der Waals surface area contributed by atoms with Gasteiger partial charge in [0, 0.05) is 12.1 Å². The average molecular weight is 341 g/mol. The van der Waals surface area contributed by atoms with Gasteiger partial charge in [-0.1, -0.05) is 42.7 Å². The zero-order valence-electron chi connectivity index (χ0n) is 14.5. The molecule has 1 atom stereocenters. The Hall–Kier alpha value is -2.67. The van der Waals surface area contributed by atoms with Crippen molar-refractivity contribution in [1.82, 2.24) is 20.2 Å². The minimum Gasteiger partial charge on any atom is -0.459 e. The molecule has 0 radical (unpaired) electrons. The fraction of sp³-hybridized carbons (Fsp3) is 0.389. The number of hydrogen-bond acceptors (Lipinski definition) is 6. The first-order valence-corrected chi connectivity index (χ1v) is 8.54. The predicted octanol–water partition coefficient (Wildman–Crippen LogP) is 3.40. The van der Waals surface area contributed by atoms with Crippen LogP contribution in [0.2, 0.25) is 0 Å². The van der Waals surface area contributed by atoms with Crippen molar-refractivity contribution in [2.75, 3.05) is 5.32 Å². The molecule has 7 heteroatoms. The van der Waals surface area contributed by atoms with Crippen molar-refractivity contribution in [1.29, 1.82) is 0 Å². The van der Waals surface area contributed by atoms with Crippen LogP contribution in [0.3, 0.4) is 0 Å². The quantitative estimate of drug-likeness (QED) is 0.653. The second-order valence-electron chi connectivity index (χ2n) is 6.00. The van der Waals surface area contributed by atoms with Crippen LogP contribution in [0.4, 0.5) is 5.95 Å². The number of aliphatic hydroxyl groups excluding tert-OH is 1. The number of nitrogens with zero attached hydrogens (tertiary/aromatic N) is 4. The van der Waals surface area contributed by atoms with Gasteiger partial charge in [0.1, 0.15) is 11.5 Å². The lowest BCUT2D eigenvalue weighted by Gasteiger charge is -2.06. The molecule has 0 unspecified atom stereocenters. The fourth-order valence-electron chi connectivity index (χ4n) is 2.51. The van der Waals surface area contributed by atoms with Gasteiger partial charge in [-0.25, -0.2) is 4.68 Å². The monoisotopic (exact) mass is 341 g/mol. The molecule has 0 aliphatic rings. The summed E-state index contributed by atoms with van der Waals surface area (Å²) in [6.07, 6.45) is 1.66. The van der Waals surface area contributed by atoms with E-state index in [4.69, 9.17) is 4.42 Å². The van der Waals surface area contributed by atoms with Crippen molar-refractivity contribution in [2.24, 2.45) is 0 Å². The van der Waals surface area contributed by atoms with Gasteiger partial charge in [0.05, 0.1) is 12.6 Å². The van der Waals surface area contributed by atoms with Crippen LogP contribution < -0.4 is 5.32 Å². The minimum atomic E-state index is -0.468. The van der Waals surface area contributed by atoms with E-state index in [2.05, 4.69) is 27.8 Å². The number of aryl methyl sites for hydroxylation is 1. The molecule has 0 fully saturated rings. The maximum absolute atomic E-state index is 9.58. The summed E-state index contributed by atoms with van der Waals surface area (Å²) in [6, 6.07) is 11.6. The van der Waals surface area contributed by atoms with Gasteiger partial charge >= 0.3 is 0 Å². The Morgan fingerprint density at radius 1 is 1.20 bits per heavy atom. The molecule has 0 saturated heterocycles. The van der Waals surface area contributed by atoms with E-state index in [0.29, 0.717) is 12.5 Å². The third-order valence-corrected chi connectivity index (χ3v) is 4.02. The smallest absolute Gasteiger partial charge is 0.243 e. The Kier molecular flexibility index (Phi) is 5.45. The van der Waals surface area contributed by atoms with Crippen molar-refractivity contribution in [3.63, 3.8) is 0 Å². The first kappa shape index (κ1) is 17.2. The summed E-state index contributed by atoms with van der Waals surface area (Å²) in [6.45, 7) is 5.19. The van der Waals surface area contributed by atoms with Crippen molar-refractivity contribution >= 4 is 5.95 Å². The molecular formula is C18H23N5O2. The SMILES string of the molecule is CCCCn1nnnc1NCc1ccc(-c2ccc([C@H](C)O)cc2)o1. The number of nitrogens with one attached hydrogen (secondary N) is 1. The molecule has 0 aliphatic carbocycles. The first-order valence-electron chi connectivity index (χ1n) is 8.54. The highest BCUT2D eigenvalue weighted by molar-refractivity contribution is 5.58. The Balaban J connectivity index is 1.63. The third kappa shape index (κ3) is 4.24. The average Bonchev–Trinajstić information content (AvgIpc) is 3.27. The number of rotatable bonds is 8. The lowest BCUT2D eigenvalue weighted by atomic mass is 10.1. The molecule has 2 heterocycles. The number of furan rings is 1. The Morgan fingerprint density at radius 2 is 2.00 bits per heavy atom. The van der Waals surface area contributed by atoms with E-state index in [-0.39, 0.29) is 0 Å². The number of aromatic nitrogens is 4. The Bertz CT molecular complexity index is 792. The maximum atomic E-state index is 9.58. The number of tetrazole rings is 1. The van der Waals surface area contributed by atoms with Crippen molar-refractivity contribution < 1.29 is 9.52 Å². The van der Waals surface area contributed by atoms with Crippen molar-refractivity contribution in [2.45, 2.75) is 45.9 Å². The van der Waals surface area contributed by atoms with E-state index in [1.165, 1.54) is 0 Å². The van der Waals surface area contributed by atoms with Crippen molar-refractivity contribution in [3.05, 3.63) is 47.7 Å². The van der Waals surface area contributed by atoms with Crippen LogP contribution in [0.1, 0.15) is 44.1 Å². The van der Waals surface area contributed by atoms with E-state index in [1.807, 2.05) is 36.4 Å². The number of hydrogen-bond donors (Lipinski definition) is 2. The molecule has 132 valence electrons. The lowest BCUT2D eigenvalue weighted by molar-refractivity contribution is 0.199. The van der Waals surface area contributed by atoms with Crippen LogP contribution in [0.5, 0.6) is 0 Å². The van der Waals surface area contributed by atoms with Crippen LogP contribution in [0.25, 0.3) is 11.3 Å². The summed E-state index contributed by atoms with van der Waals surface area (Å²) in [5.74, 6) is 2.24. The van der Waals surface area contributed by atoms with E-state index < -0.39 is 6.10 Å². The molecule has 0 amide bonds. The van der Waals surface area contributed by atoms with Crippen molar-refractivity contribution in [3.8, 4) is 11.3 Å². The summed E-state index contributed by atoms with van der Waals surface area (Å²) in [5.41, 5.74) is 1.86. The van der Waals surface area contributed by atoms with Gasteiger partial charge in [0.2, 0.25) is 5.95 Å². The Labute approximate surface area is 146 Å². The highest BCUT2D eigenvalue weighted by Gasteiger charge is 2.09. The van der Waals surface area contributed by atoms with Gasteiger partial charge in [-0.2, -0.15) is 0 Å². The van der Waals surface area contributed by atoms with Gasteiger partial charge in [-0.15, -0.1) is 0 Å².